The van der Waals surface area contributed by atoms with Crippen LogP contribution in [0.25, 0.3) is 0 Å². The molecule has 0 radical (unpaired) electrons. The van der Waals surface area contributed by atoms with Gasteiger partial charge in [-0.25, -0.2) is 4.68 Å². The summed E-state index contributed by atoms with van der Waals surface area (Å²) in [4.78, 5) is 10.8. The molecule has 108 valence electrons. The van der Waals surface area contributed by atoms with Crippen molar-refractivity contribution in [2.75, 3.05) is 0 Å². The topological polar surface area (TPSA) is 80.9 Å². The van der Waals surface area contributed by atoms with Gasteiger partial charge in [-0.3, -0.25) is 4.79 Å². The zero-order chi connectivity index (χ0) is 14.1. The standard InChI is InChI=1S/C13H24N4O2/c1-3-4-5-6-7-8-12-14-15-16-17(12)10-9-11(2)13(18)19/h11H,3-10H2,1-2H3,(H,18,19). The third-order valence-electron chi connectivity index (χ3n) is 3.31. The molecular formula is C13H24N4O2. The average molecular weight is 268 g/mol. The second kappa shape index (κ2) is 8.61. The summed E-state index contributed by atoms with van der Waals surface area (Å²) in [6, 6.07) is 0. The fraction of sp³-hybridized carbons (Fsp3) is 0.846. The molecule has 0 saturated carbocycles. The number of carboxylic acids is 1. The molecule has 0 bridgehead atoms. The van der Waals surface area contributed by atoms with E-state index in [4.69, 9.17) is 5.11 Å². The van der Waals surface area contributed by atoms with Gasteiger partial charge in [-0.15, -0.1) is 5.10 Å². The molecule has 0 aliphatic rings. The predicted molar refractivity (Wildman–Crippen MR) is 71.7 cm³/mol. The number of nitrogens with zero attached hydrogens (tertiary/aromatic N) is 4. The van der Waals surface area contributed by atoms with Crippen molar-refractivity contribution in [3.63, 3.8) is 0 Å². The van der Waals surface area contributed by atoms with Crippen LogP contribution in [0.15, 0.2) is 0 Å². The first-order valence-electron chi connectivity index (χ1n) is 7.13. The number of carbonyl (C=O) groups is 1. The first kappa shape index (κ1) is 15.6. The van der Waals surface area contributed by atoms with E-state index in [1.807, 2.05) is 0 Å². The Balaban J connectivity index is 2.31. The summed E-state index contributed by atoms with van der Waals surface area (Å²) in [5, 5.41) is 20.5. The summed E-state index contributed by atoms with van der Waals surface area (Å²) < 4.78 is 1.74. The van der Waals surface area contributed by atoms with Gasteiger partial charge in [0, 0.05) is 13.0 Å². The molecule has 0 amide bonds. The minimum Gasteiger partial charge on any atom is -0.481 e. The largest absolute Gasteiger partial charge is 0.481 e. The molecule has 0 fully saturated rings. The van der Waals surface area contributed by atoms with Crippen LogP contribution in [-0.2, 0) is 17.8 Å². The van der Waals surface area contributed by atoms with Crippen LogP contribution < -0.4 is 0 Å². The number of hydrogen-bond donors (Lipinski definition) is 1. The molecule has 6 nitrogen and oxygen atoms in total. The highest BCUT2D eigenvalue weighted by Gasteiger charge is 2.12. The van der Waals surface area contributed by atoms with Gasteiger partial charge in [0.1, 0.15) is 0 Å². The fourth-order valence-corrected chi connectivity index (χ4v) is 1.90. The first-order valence-corrected chi connectivity index (χ1v) is 7.13. The van der Waals surface area contributed by atoms with Crippen LogP contribution >= 0.6 is 0 Å². The predicted octanol–water partition coefficient (Wildman–Crippen LogP) is 2.30. The third kappa shape index (κ3) is 5.81. The minimum atomic E-state index is -0.769. The zero-order valence-corrected chi connectivity index (χ0v) is 11.9. The maximum absolute atomic E-state index is 10.8. The Bertz CT molecular complexity index is 378. The van der Waals surface area contributed by atoms with E-state index in [0.717, 1.165) is 18.7 Å². The third-order valence-corrected chi connectivity index (χ3v) is 3.31. The first-order chi connectivity index (χ1) is 9.15. The summed E-state index contributed by atoms with van der Waals surface area (Å²) in [5.74, 6) is -0.259. The number of aryl methyl sites for hydroxylation is 2. The highest BCUT2D eigenvalue weighted by molar-refractivity contribution is 5.69. The zero-order valence-electron chi connectivity index (χ0n) is 11.9. The minimum absolute atomic E-state index is 0.360. The van der Waals surface area contributed by atoms with Gasteiger partial charge in [0.2, 0.25) is 0 Å². The van der Waals surface area contributed by atoms with E-state index in [2.05, 4.69) is 22.4 Å². The average Bonchev–Trinajstić information content (AvgIpc) is 2.83. The van der Waals surface area contributed by atoms with Gasteiger partial charge in [0.05, 0.1) is 5.92 Å². The monoisotopic (exact) mass is 268 g/mol. The van der Waals surface area contributed by atoms with Gasteiger partial charge >= 0.3 is 5.97 Å². The maximum atomic E-state index is 10.8. The van der Waals surface area contributed by atoms with E-state index in [-0.39, 0.29) is 5.92 Å². The lowest BCUT2D eigenvalue weighted by molar-refractivity contribution is -0.141. The van der Waals surface area contributed by atoms with Crippen molar-refractivity contribution in [1.29, 1.82) is 0 Å². The molecule has 19 heavy (non-hydrogen) atoms. The number of aliphatic carboxylic acids is 1. The van der Waals surface area contributed by atoms with Crippen molar-refractivity contribution in [2.45, 2.75) is 65.3 Å². The van der Waals surface area contributed by atoms with E-state index in [1.54, 1.807) is 11.6 Å². The van der Waals surface area contributed by atoms with Crippen LogP contribution in [0.3, 0.4) is 0 Å². The lowest BCUT2D eigenvalue weighted by Gasteiger charge is -2.07. The lowest BCUT2D eigenvalue weighted by Crippen LogP contribution is -2.14. The molecular weight excluding hydrogens is 244 g/mol. The molecule has 6 heteroatoms. The van der Waals surface area contributed by atoms with Gasteiger partial charge in [-0.1, -0.05) is 39.5 Å². The van der Waals surface area contributed by atoms with Crippen molar-refractivity contribution in [3.05, 3.63) is 5.82 Å². The molecule has 0 saturated heterocycles. The second-order valence-electron chi connectivity index (χ2n) is 5.01. The molecule has 0 aliphatic carbocycles. The van der Waals surface area contributed by atoms with Crippen LogP contribution in [0.2, 0.25) is 0 Å². The molecule has 0 spiro atoms. The summed E-state index contributed by atoms with van der Waals surface area (Å²) in [7, 11) is 0. The van der Waals surface area contributed by atoms with Gasteiger partial charge in [-0.2, -0.15) is 0 Å². The van der Waals surface area contributed by atoms with Crippen molar-refractivity contribution >= 4 is 5.97 Å². The smallest absolute Gasteiger partial charge is 0.306 e. The fourth-order valence-electron chi connectivity index (χ4n) is 1.90. The van der Waals surface area contributed by atoms with E-state index in [9.17, 15) is 4.79 Å². The Morgan fingerprint density at radius 1 is 1.32 bits per heavy atom. The Morgan fingerprint density at radius 2 is 2.05 bits per heavy atom. The van der Waals surface area contributed by atoms with Crippen LogP contribution in [0.1, 0.15) is 58.2 Å². The van der Waals surface area contributed by atoms with Crippen molar-refractivity contribution < 1.29 is 9.90 Å². The van der Waals surface area contributed by atoms with Crippen LogP contribution in [0.5, 0.6) is 0 Å². The van der Waals surface area contributed by atoms with Gasteiger partial charge in [0.25, 0.3) is 0 Å². The number of rotatable bonds is 10. The molecule has 1 N–H and O–H groups in total. The molecule has 1 rings (SSSR count). The summed E-state index contributed by atoms with van der Waals surface area (Å²) >= 11 is 0. The Kier molecular flexibility index (Phi) is 7.07. The molecule has 1 atom stereocenters. The maximum Gasteiger partial charge on any atom is 0.306 e. The number of carboxylic acid groups (broad SMARTS) is 1. The molecule has 0 aromatic carbocycles. The van der Waals surface area contributed by atoms with E-state index >= 15 is 0 Å². The summed E-state index contributed by atoms with van der Waals surface area (Å²) in [6.07, 6.45) is 7.50. The highest BCUT2D eigenvalue weighted by Crippen LogP contribution is 2.08. The van der Waals surface area contributed by atoms with E-state index in [1.165, 1.54) is 25.7 Å². The van der Waals surface area contributed by atoms with Crippen LogP contribution in [-0.4, -0.2) is 31.3 Å². The van der Waals surface area contributed by atoms with Crippen molar-refractivity contribution in [1.82, 2.24) is 20.2 Å². The Morgan fingerprint density at radius 3 is 2.74 bits per heavy atom. The van der Waals surface area contributed by atoms with Crippen molar-refractivity contribution in [2.24, 2.45) is 5.92 Å². The Hall–Kier alpha value is -1.46. The SMILES string of the molecule is CCCCCCCc1nnnn1CCC(C)C(=O)O. The molecule has 1 aromatic rings. The van der Waals surface area contributed by atoms with Crippen LogP contribution in [0, 0.1) is 5.92 Å². The van der Waals surface area contributed by atoms with Gasteiger partial charge < -0.3 is 5.11 Å². The van der Waals surface area contributed by atoms with E-state index < -0.39 is 5.97 Å². The van der Waals surface area contributed by atoms with Gasteiger partial charge in [0.15, 0.2) is 5.82 Å². The summed E-state index contributed by atoms with van der Waals surface area (Å²) in [6.45, 7) is 4.48. The van der Waals surface area contributed by atoms with E-state index in [0.29, 0.717) is 13.0 Å². The lowest BCUT2D eigenvalue weighted by atomic mass is 10.1. The Labute approximate surface area is 114 Å². The number of tetrazole rings is 1. The molecule has 1 aromatic heterocycles. The summed E-state index contributed by atoms with van der Waals surface area (Å²) in [5.41, 5.74) is 0. The van der Waals surface area contributed by atoms with Crippen LogP contribution in [0.4, 0.5) is 0 Å². The molecule has 0 aliphatic heterocycles. The number of hydrogen-bond acceptors (Lipinski definition) is 4. The molecule has 1 heterocycles. The normalized spacial score (nSPS) is 12.5. The molecule has 1 unspecified atom stereocenters. The highest BCUT2D eigenvalue weighted by atomic mass is 16.4. The van der Waals surface area contributed by atoms with Crippen molar-refractivity contribution in [3.8, 4) is 0 Å². The number of aromatic nitrogens is 4. The van der Waals surface area contributed by atoms with Gasteiger partial charge in [-0.05, 0) is 23.3 Å². The second-order valence-corrected chi connectivity index (χ2v) is 5.01. The quantitative estimate of drug-likeness (QED) is 0.658. The number of unbranched alkanes of at least 4 members (excludes halogenated alkanes) is 4.